The van der Waals surface area contributed by atoms with Gasteiger partial charge in [-0.2, -0.15) is 18.2 Å². The number of nitrogens with zero attached hydrogens (tertiary/aromatic N) is 4. The Hall–Kier alpha value is -2.46. The zero-order valence-electron chi connectivity index (χ0n) is 16.5. The van der Waals surface area contributed by atoms with Crippen LogP contribution in [0.4, 0.5) is 13.2 Å². The molecule has 0 spiro atoms. The van der Waals surface area contributed by atoms with Crippen LogP contribution in [0.5, 0.6) is 0 Å². The van der Waals surface area contributed by atoms with Gasteiger partial charge < -0.3 is 10.3 Å². The number of hydrogen-bond acceptors (Lipinski definition) is 6. The van der Waals surface area contributed by atoms with Crippen LogP contribution < -0.4 is 5.73 Å². The highest BCUT2D eigenvalue weighted by Crippen LogP contribution is 2.32. The Labute approximate surface area is 166 Å². The van der Waals surface area contributed by atoms with Crippen LogP contribution in [0, 0.1) is 0 Å². The number of benzene rings is 1. The highest BCUT2D eigenvalue weighted by atomic mass is 19.4. The van der Waals surface area contributed by atoms with Crippen molar-refractivity contribution in [2.45, 2.75) is 38.5 Å². The maximum Gasteiger partial charge on any atom is 0.416 e. The molecule has 1 aromatic heterocycles. The molecular formula is C19H24F3N5O2. The zero-order valence-corrected chi connectivity index (χ0v) is 16.5. The second kappa shape index (κ2) is 7.75. The lowest BCUT2D eigenvalue weighted by Crippen LogP contribution is -2.59. The van der Waals surface area contributed by atoms with E-state index in [1.54, 1.807) is 13.8 Å². The Bertz CT molecular complexity index is 873. The van der Waals surface area contributed by atoms with E-state index in [0.717, 1.165) is 12.1 Å². The molecule has 0 radical (unpaired) electrons. The lowest BCUT2D eigenvalue weighted by atomic mass is 10.0. The number of nitrogens with two attached hydrogens (primary N) is 1. The average Bonchev–Trinajstić information content (AvgIpc) is 3.17. The smallest absolute Gasteiger partial charge is 0.368 e. The Morgan fingerprint density at radius 3 is 2.45 bits per heavy atom. The van der Waals surface area contributed by atoms with E-state index >= 15 is 0 Å². The van der Waals surface area contributed by atoms with Crippen LogP contribution in [0.2, 0.25) is 0 Å². The molecule has 29 heavy (non-hydrogen) atoms. The summed E-state index contributed by atoms with van der Waals surface area (Å²) in [4.78, 5) is 20.1. The summed E-state index contributed by atoms with van der Waals surface area (Å²) >= 11 is 0. The Morgan fingerprint density at radius 1 is 1.21 bits per heavy atom. The molecule has 1 aliphatic heterocycles. The molecule has 3 rings (SSSR count). The molecule has 0 aliphatic carbocycles. The standard InChI is InChI=1S/C19H24F3N5O2/c1-12(26-7-9-27(10-8-26)18(2,3)17(23)28)16-24-15(25-29-16)13-5-4-6-14(11-13)19(20,21)22/h4-6,11-12H,7-10H2,1-3H3,(H2,23,28)/t12-/m0/s1. The third-order valence-corrected chi connectivity index (χ3v) is 5.50. The van der Waals surface area contributed by atoms with Crippen LogP contribution in [0.3, 0.4) is 0 Å². The van der Waals surface area contributed by atoms with Gasteiger partial charge in [-0.15, -0.1) is 0 Å². The summed E-state index contributed by atoms with van der Waals surface area (Å²) in [5.74, 6) is 0.0769. The number of primary amides is 1. The summed E-state index contributed by atoms with van der Waals surface area (Å²) in [6, 6.07) is 4.63. The predicted octanol–water partition coefficient (Wildman–Crippen LogP) is 2.70. The average molecular weight is 411 g/mol. The van der Waals surface area contributed by atoms with E-state index in [4.69, 9.17) is 10.3 Å². The van der Waals surface area contributed by atoms with E-state index in [9.17, 15) is 18.0 Å². The molecule has 1 saturated heterocycles. The van der Waals surface area contributed by atoms with Gasteiger partial charge in [0.1, 0.15) is 0 Å². The van der Waals surface area contributed by atoms with E-state index < -0.39 is 17.3 Å². The molecule has 1 aliphatic rings. The minimum Gasteiger partial charge on any atom is -0.368 e. The highest BCUT2D eigenvalue weighted by molar-refractivity contribution is 5.83. The quantitative estimate of drug-likeness (QED) is 0.814. The van der Waals surface area contributed by atoms with Gasteiger partial charge in [-0.25, -0.2) is 0 Å². The van der Waals surface area contributed by atoms with Gasteiger partial charge in [0.05, 0.1) is 17.1 Å². The zero-order chi connectivity index (χ0) is 21.4. The maximum atomic E-state index is 12.9. The first-order chi connectivity index (χ1) is 13.5. The van der Waals surface area contributed by atoms with E-state index in [1.165, 1.54) is 12.1 Å². The molecule has 158 valence electrons. The van der Waals surface area contributed by atoms with Crippen molar-refractivity contribution >= 4 is 5.91 Å². The second-order valence-electron chi connectivity index (χ2n) is 7.66. The van der Waals surface area contributed by atoms with Crippen molar-refractivity contribution in [1.29, 1.82) is 0 Å². The lowest BCUT2D eigenvalue weighted by molar-refractivity contribution is -0.137. The van der Waals surface area contributed by atoms with Gasteiger partial charge >= 0.3 is 6.18 Å². The van der Waals surface area contributed by atoms with Gasteiger partial charge in [0.2, 0.25) is 17.6 Å². The van der Waals surface area contributed by atoms with Crippen LogP contribution in [0.25, 0.3) is 11.4 Å². The summed E-state index contributed by atoms with van der Waals surface area (Å²) in [6.45, 7) is 8.13. The summed E-state index contributed by atoms with van der Waals surface area (Å²) in [5.41, 5.74) is 4.24. The van der Waals surface area contributed by atoms with Gasteiger partial charge in [0.15, 0.2) is 0 Å². The first-order valence-corrected chi connectivity index (χ1v) is 9.30. The van der Waals surface area contributed by atoms with E-state index in [0.29, 0.717) is 32.1 Å². The first-order valence-electron chi connectivity index (χ1n) is 9.30. The lowest BCUT2D eigenvalue weighted by Gasteiger charge is -2.43. The number of alkyl halides is 3. The third kappa shape index (κ3) is 4.43. The number of rotatable bonds is 5. The monoisotopic (exact) mass is 411 g/mol. The molecular weight excluding hydrogens is 387 g/mol. The SMILES string of the molecule is C[C@@H](c1nc(-c2cccc(C(F)(F)F)c2)no1)N1CCN(C(C)(C)C(N)=O)CC1. The van der Waals surface area contributed by atoms with Crippen molar-refractivity contribution < 1.29 is 22.5 Å². The fourth-order valence-electron chi connectivity index (χ4n) is 3.34. The molecule has 7 nitrogen and oxygen atoms in total. The van der Waals surface area contributed by atoms with Crippen molar-refractivity contribution in [3.8, 4) is 11.4 Å². The molecule has 1 fully saturated rings. The van der Waals surface area contributed by atoms with Crippen LogP contribution in [0.15, 0.2) is 28.8 Å². The number of halogens is 3. The molecule has 1 aromatic carbocycles. The molecule has 2 N–H and O–H groups in total. The van der Waals surface area contributed by atoms with Gasteiger partial charge in [0.25, 0.3) is 0 Å². The molecule has 1 atom stereocenters. The number of amides is 1. The molecule has 1 amide bonds. The van der Waals surface area contributed by atoms with Gasteiger partial charge in [-0.1, -0.05) is 17.3 Å². The van der Waals surface area contributed by atoms with Gasteiger partial charge in [-0.05, 0) is 32.9 Å². The normalized spacial score (nSPS) is 18.0. The summed E-state index contributed by atoms with van der Waals surface area (Å²) in [7, 11) is 0. The van der Waals surface area contributed by atoms with Crippen molar-refractivity contribution in [2.24, 2.45) is 5.73 Å². The molecule has 0 bridgehead atoms. The fourth-order valence-corrected chi connectivity index (χ4v) is 3.34. The third-order valence-electron chi connectivity index (χ3n) is 5.50. The fraction of sp³-hybridized carbons (Fsp3) is 0.526. The van der Waals surface area contributed by atoms with Gasteiger partial charge in [-0.3, -0.25) is 14.6 Å². The second-order valence-corrected chi connectivity index (χ2v) is 7.66. The largest absolute Gasteiger partial charge is 0.416 e. The van der Waals surface area contributed by atoms with Crippen LogP contribution in [0.1, 0.15) is 38.3 Å². The number of carbonyl (C=O) groups is 1. The van der Waals surface area contributed by atoms with Crippen LogP contribution in [-0.4, -0.2) is 57.6 Å². The van der Waals surface area contributed by atoms with Crippen molar-refractivity contribution in [3.63, 3.8) is 0 Å². The molecule has 2 aromatic rings. The Kier molecular flexibility index (Phi) is 5.68. The number of carbonyl (C=O) groups excluding carboxylic acids is 1. The maximum absolute atomic E-state index is 12.9. The van der Waals surface area contributed by atoms with Crippen molar-refractivity contribution in [3.05, 3.63) is 35.7 Å². The molecule has 2 heterocycles. The van der Waals surface area contributed by atoms with Crippen LogP contribution in [-0.2, 0) is 11.0 Å². The minimum atomic E-state index is -4.44. The Morgan fingerprint density at radius 2 is 1.86 bits per heavy atom. The summed E-state index contributed by atoms with van der Waals surface area (Å²) < 4.78 is 44.1. The van der Waals surface area contributed by atoms with Crippen molar-refractivity contribution in [2.75, 3.05) is 26.2 Å². The minimum absolute atomic E-state index is 0.117. The van der Waals surface area contributed by atoms with Crippen molar-refractivity contribution in [1.82, 2.24) is 19.9 Å². The van der Waals surface area contributed by atoms with E-state index in [-0.39, 0.29) is 23.3 Å². The molecule has 0 unspecified atom stereocenters. The van der Waals surface area contributed by atoms with E-state index in [2.05, 4.69) is 15.0 Å². The highest BCUT2D eigenvalue weighted by Gasteiger charge is 2.36. The number of aromatic nitrogens is 2. The number of piperazine rings is 1. The Balaban J connectivity index is 1.69. The first kappa shape index (κ1) is 21.3. The topological polar surface area (TPSA) is 88.5 Å². The van der Waals surface area contributed by atoms with E-state index in [1.807, 2.05) is 11.8 Å². The summed E-state index contributed by atoms with van der Waals surface area (Å²) in [6.07, 6.45) is -4.44. The number of hydrogen-bond donors (Lipinski definition) is 1. The molecule has 10 heteroatoms. The van der Waals surface area contributed by atoms with Crippen LogP contribution >= 0.6 is 0 Å². The van der Waals surface area contributed by atoms with Gasteiger partial charge in [0, 0.05) is 31.7 Å². The predicted molar refractivity (Wildman–Crippen MR) is 99.6 cm³/mol. The summed E-state index contributed by atoms with van der Waals surface area (Å²) in [5, 5.41) is 3.85. The molecule has 0 saturated carbocycles.